The molecule has 2 aliphatic heterocycles. The fraction of sp³-hybridized carbons (Fsp3) is 0.500. The lowest BCUT2D eigenvalue weighted by Gasteiger charge is -2.34. The van der Waals surface area contributed by atoms with Crippen molar-refractivity contribution in [3.8, 4) is 0 Å². The number of likely N-dealkylation sites (N-methyl/N-ethyl adjacent to an activating group) is 1. The number of nitrogens with one attached hydrogen (secondary N) is 1. The van der Waals surface area contributed by atoms with Gasteiger partial charge in [0.1, 0.15) is 0 Å². The van der Waals surface area contributed by atoms with Gasteiger partial charge in [0.05, 0.1) is 11.8 Å². The maximum absolute atomic E-state index is 12.5. The third-order valence-electron chi connectivity index (χ3n) is 6.18. The number of benzene rings is 1. The highest BCUT2D eigenvalue weighted by Crippen LogP contribution is 2.35. The van der Waals surface area contributed by atoms with Gasteiger partial charge in [0.15, 0.2) is 0 Å². The number of allylic oxidation sites excluding steroid dienone is 2. The van der Waals surface area contributed by atoms with Crippen molar-refractivity contribution in [1.82, 2.24) is 9.80 Å². The van der Waals surface area contributed by atoms with Crippen LogP contribution in [0.5, 0.6) is 0 Å². The molecule has 1 N–H and O–H groups in total. The summed E-state index contributed by atoms with van der Waals surface area (Å²) in [6.45, 7) is 4.24. The monoisotopic (exact) mass is 396 g/mol. The molecular formula is C22H28N4O3. The Labute approximate surface area is 171 Å². The van der Waals surface area contributed by atoms with Gasteiger partial charge in [-0.1, -0.05) is 12.2 Å². The van der Waals surface area contributed by atoms with E-state index in [0.717, 1.165) is 37.6 Å². The minimum absolute atomic E-state index is 0.116. The molecule has 2 unspecified atom stereocenters. The van der Waals surface area contributed by atoms with Crippen molar-refractivity contribution in [3.05, 3.63) is 36.4 Å². The highest BCUT2D eigenvalue weighted by molar-refractivity contribution is 6.05. The third-order valence-corrected chi connectivity index (χ3v) is 6.18. The predicted octanol–water partition coefficient (Wildman–Crippen LogP) is 1.72. The van der Waals surface area contributed by atoms with Crippen LogP contribution in [0.15, 0.2) is 36.4 Å². The predicted molar refractivity (Wildman–Crippen MR) is 111 cm³/mol. The lowest BCUT2D eigenvalue weighted by molar-refractivity contribution is -0.140. The average Bonchev–Trinajstić information content (AvgIpc) is 2.98. The molecule has 7 nitrogen and oxygen atoms in total. The Morgan fingerprint density at radius 1 is 0.966 bits per heavy atom. The Morgan fingerprint density at radius 2 is 1.55 bits per heavy atom. The zero-order chi connectivity index (χ0) is 20.4. The fourth-order valence-electron chi connectivity index (χ4n) is 4.35. The molecule has 0 bridgehead atoms. The molecule has 1 aromatic carbocycles. The number of rotatable bonds is 5. The van der Waals surface area contributed by atoms with Crippen LogP contribution in [0.25, 0.3) is 0 Å². The van der Waals surface area contributed by atoms with E-state index in [0.29, 0.717) is 12.8 Å². The van der Waals surface area contributed by atoms with E-state index in [1.165, 1.54) is 4.90 Å². The molecule has 2 fully saturated rings. The van der Waals surface area contributed by atoms with Crippen LogP contribution in [-0.4, -0.2) is 67.3 Å². The number of fused-ring (bicyclic) bond motifs is 1. The summed E-state index contributed by atoms with van der Waals surface area (Å²) in [7, 11) is 2.13. The van der Waals surface area contributed by atoms with Crippen molar-refractivity contribution in [2.24, 2.45) is 11.8 Å². The molecular weight excluding hydrogens is 368 g/mol. The van der Waals surface area contributed by atoms with Crippen LogP contribution in [0.1, 0.15) is 19.3 Å². The largest absolute Gasteiger partial charge is 0.369 e. The first-order valence-electron chi connectivity index (χ1n) is 10.4. The van der Waals surface area contributed by atoms with Crippen molar-refractivity contribution >= 4 is 29.1 Å². The zero-order valence-electron chi connectivity index (χ0n) is 16.8. The van der Waals surface area contributed by atoms with Gasteiger partial charge in [0.25, 0.3) is 0 Å². The smallest absolute Gasteiger partial charge is 0.233 e. The average molecular weight is 396 g/mol. The van der Waals surface area contributed by atoms with E-state index >= 15 is 0 Å². The molecule has 0 saturated carbocycles. The van der Waals surface area contributed by atoms with Gasteiger partial charge in [-0.25, -0.2) is 0 Å². The number of piperazine rings is 1. The standard InChI is InChI=1S/C22H28N4O3/c1-24-12-14-25(15-13-24)17-8-6-16(7-9-17)23-20(27)10-11-26-21(28)18-4-2-3-5-19(18)22(26)29/h2-3,6-9,18-19H,4-5,10-15H2,1H3,(H,23,27). The summed E-state index contributed by atoms with van der Waals surface area (Å²) in [5, 5.41) is 2.87. The van der Waals surface area contributed by atoms with Crippen LogP contribution < -0.4 is 10.2 Å². The number of likely N-dealkylation sites (tertiary alicyclic amines) is 1. The highest BCUT2D eigenvalue weighted by atomic mass is 16.2. The molecule has 3 amide bonds. The minimum atomic E-state index is -0.238. The van der Waals surface area contributed by atoms with E-state index in [4.69, 9.17) is 0 Å². The van der Waals surface area contributed by atoms with Gasteiger partial charge in [-0.2, -0.15) is 0 Å². The molecule has 4 rings (SSSR count). The molecule has 0 radical (unpaired) electrons. The summed E-state index contributed by atoms with van der Waals surface area (Å²) in [5.41, 5.74) is 1.88. The van der Waals surface area contributed by atoms with Crippen LogP contribution >= 0.6 is 0 Å². The summed E-state index contributed by atoms with van der Waals surface area (Å²) < 4.78 is 0. The maximum atomic E-state index is 12.5. The molecule has 3 aliphatic rings. The SMILES string of the molecule is CN1CCN(c2ccc(NC(=O)CCN3C(=O)C4CC=CCC4C3=O)cc2)CC1. The lowest BCUT2D eigenvalue weighted by Crippen LogP contribution is -2.44. The minimum Gasteiger partial charge on any atom is -0.369 e. The number of anilines is 2. The van der Waals surface area contributed by atoms with Crippen molar-refractivity contribution in [1.29, 1.82) is 0 Å². The Bertz CT molecular complexity index is 786. The molecule has 29 heavy (non-hydrogen) atoms. The fourth-order valence-corrected chi connectivity index (χ4v) is 4.35. The Kier molecular flexibility index (Phi) is 5.67. The Hall–Kier alpha value is -2.67. The van der Waals surface area contributed by atoms with Crippen molar-refractivity contribution in [2.75, 3.05) is 50.0 Å². The number of carbonyl (C=O) groups is 3. The van der Waals surface area contributed by atoms with Gasteiger partial charge in [0, 0.05) is 50.5 Å². The summed E-state index contributed by atoms with van der Waals surface area (Å²) >= 11 is 0. The number of amides is 3. The van der Waals surface area contributed by atoms with Gasteiger partial charge in [0.2, 0.25) is 17.7 Å². The number of hydrogen-bond donors (Lipinski definition) is 1. The van der Waals surface area contributed by atoms with Crippen LogP contribution in [0.4, 0.5) is 11.4 Å². The number of imide groups is 1. The Morgan fingerprint density at radius 3 is 2.14 bits per heavy atom. The summed E-state index contributed by atoms with van der Waals surface area (Å²) in [6, 6.07) is 7.84. The quantitative estimate of drug-likeness (QED) is 0.606. The molecule has 7 heteroatoms. The summed E-state index contributed by atoms with van der Waals surface area (Å²) in [6.07, 6.45) is 5.29. The molecule has 154 valence electrons. The molecule has 2 atom stereocenters. The molecule has 2 saturated heterocycles. The van der Waals surface area contributed by atoms with Crippen molar-refractivity contribution < 1.29 is 14.4 Å². The normalized spacial score (nSPS) is 24.7. The lowest BCUT2D eigenvalue weighted by atomic mass is 9.85. The Balaban J connectivity index is 1.28. The van der Waals surface area contributed by atoms with E-state index in [-0.39, 0.29) is 42.5 Å². The van der Waals surface area contributed by atoms with Gasteiger partial charge in [-0.05, 0) is 44.2 Å². The van der Waals surface area contributed by atoms with Crippen molar-refractivity contribution in [3.63, 3.8) is 0 Å². The summed E-state index contributed by atoms with van der Waals surface area (Å²) in [5.74, 6) is -0.927. The molecule has 0 spiro atoms. The first kappa shape index (κ1) is 19.6. The second-order valence-corrected chi connectivity index (χ2v) is 8.12. The maximum Gasteiger partial charge on any atom is 0.233 e. The van der Waals surface area contributed by atoms with E-state index in [1.54, 1.807) is 0 Å². The van der Waals surface area contributed by atoms with E-state index in [2.05, 4.69) is 22.2 Å². The van der Waals surface area contributed by atoms with Gasteiger partial charge < -0.3 is 15.1 Å². The van der Waals surface area contributed by atoms with Crippen LogP contribution in [0, 0.1) is 11.8 Å². The van der Waals surface area contributed by atoms with Crippen LogP contribution in [0.2, 0.25) is 0 Å². The van der Waals surface area contributed by atoms with Gasteiger partial charge in [-0.15, -0.1) is 0 Å². The molecule has 2 heterocycles. The van der Waals surface area contributed by atoms with Gasteiger partial charge >= 0.3 is 0 Å². The number of carbonyl (C=O) groups excluding carboxylic acids is 3. The van der Waals surface area contributed by atoms with E-state index in [1.807, 2.05) is 36.4 Å². The van der Waals surface area contributed by atoms with E-state index in [9.17, 15) is 14.4 Å². The first-order valence-corrected chi connectivity index (χ1v) is 10.4. The number of hydrogen-bond acceptors (Lipinski definition) is 5. The molecule has 0 aromatic heterocycles. The number of nitrogens with zero attached hydrogens (tertiary/aromatic N) is 3. The van der Waals surface area contributed by atoms with Crippen LogP contribution in [0.3, 0.4) is 0 Å². The topological polar surface area (TPSA) is 73.0 Å². The highest BCUT2D eigenvalue weighted by Gasteiger charge is 2.46. The van der Waals surface area contributed by atoms with E-state index < -0.39 is 0 Å². The third kappa shape index (κ3) is 4.19. The zero-order valence-corrected chi connectivity index (χ0v) is 16.8. The van der Waals surface area contributed by atoms with Crippen molar-refractivity contribution in [2.45, 2.75) is 19.3 Å². The summed E-state index contributed by atoms with van der Waals surface area (Å²) in [4.78, 5) is 43.2. The molecule has 1 aliphatic carbocycles. The van der Waals surface area contributed by atoms with Crippen LogP contribution in [-0.2, 0) is 14.4 Å². The second-order valence-electron chi connectivity index (χ2n) is 8.12. The van der Waals surface area contributed by atoms with Gasteiger partial charge in [-0.3, -0.25) is 19.3 Å². The molecule has 1 aromatic rings. The second kappa shape index (κ2) is 8.37. The first-order chi connectivity index (χ1) is 14.0.